The third kappa shape index (κ3) is 5.60. The van der Waals surface area contributed by atoms with E-state index in [1.54, 1.807) is 20.8 Å². The van der Waals surface area contributed by atoms with Crippen LogP contribution in [0.1, 0.15) is 107 Å². The standard InChI is InChI=1S/C41H63NO14/c1-10-20(4)34(46)55-33-28(45)27-23(18-42-17-19(3)12-13-25(42)38(27,9)49)24-16-39-32(40(24,33)50)30(53-22(6)44)29(52-21(5)43)31-36(39,7)15-14-26(41(31,51)56-39)54-35(47)37(8,48)11-2/h19-20,23-33,45,48-51H,10-18H2,1-9H3/t19-,20+,23-,24?,25-,26-,27+,28+,29-,30+,31-,32+,33-,36-,37+,38+,39-,40-,41-/m0/s1. The zero-order valence-corrected chi connectivity index (χ0v) is 34.2. The first-order valence-corrected chi connectivity index (χ1v) is 20.7. The first-order valence-electron chi connectivity index (χ1n) is 20.7. The highest BCUT2D eigenvalue weighted by atomic mass is 16.7. The average Bonchev–Trinajstić information content (AvgIpc) is 3.40. The molecule has 15 heteroatoms. The maximum absolute atomic E-state index is 13.9. The fourth-order valence-electron chi connectivity index (χ4n) is 13.1. The second-order valence-electron chi connectivity index (χ2n) is 19.2. The first kappa shape index (κ1) is 41.7. The summed E-state index contributed by atoms with van der Waals surface area (Å²) in [5.41, 5.74) is -8.37. The molecule has 1 spiro atoms. The van der Waals surface area contributed by atoms with Crippen LogP contribution in [0.5, 0.6) is 0 Å². The van der Waals surface area contributed by atoms with E-state index in [-0.39, 0.29) is 31.7 Å². The van der Waals surface area contributed by atoms with Crippen LogP contribution < -0.4 is 0 Å². The number of aliphatic hydroxyl groups excluding tert-OH is 1. The molecule has 3 saturated heterocycles. The minimum Gasteiger partial charge on any atom is -0.458 e. The number of aliphatic hydroxyl groups is 5. The molecule has 0 radical (unpaired) electrons. The monoisotopic (exact) mass is 793 g/mol. The molecule has 4 aliphatic carbocycles. The number of ether oxygens (including phenoxy) is 5. The van der Waals surface area contributed by atoms with Gasteiger partial charge in [0, 0.05) is 44.3 Å². The fourth-order valence-corrected chi connectivity index (χ4v) is 13.1. The van der Waals surface area contributed by atoms with Gasteiger partial charge < -0.3 is 49.2 Å². The number of rotatable bonds is 8. The molecule has 0 aromatic rings. The largest absolute Gasteiger partial charge is 0.458 e. The first-order chi connectivity index (χ1) is 26.0. The second kappa shape index (κ2) is 13.6. The van der Waals surface area contributed by atoms with Gasteiger partial charge in [-0.25, -0.2) is 4.79 Å². The summed E-state index contributed by atoms with van der Waals surface area (Å²) in [7, 11) is 0. The third-order valence-corrected chi connectivity index (χ3v) is 16.0. The number of piperidine rings is 2. The molecule has 1 unspecified atom stereocenters. The number of carbonyl (C=O) groups is 4. The summed E-state index contributed by atoms with van der Waals surface area (Å²) in [6.45, 7) is 15.5. The van der Waals surface area contributed by atoms with Crippen molar-refractivity contribution in [3.63, 3.8) is 0 Å². The van der Waals surface area contributed by atoms with E-state index >= 15 is 0 Å². The fraction of sp³-hybridized carbons (Fsp3) is 0.902. The lowest BCUT2D eigenvalue weighted by atomic mass is 9.48. The SMILES string of the molecule is CC[C@@H](C)C(=O)O[C@H]1[C@H](O)[C@H]2[C@@H](CN3C[C@@H](C)CC[C@H]3[C@@]2(C)O)C2C[C@@]34O[C@@]5(O)[C@@H](OC(=O)[C@](C)(O)CC)CC[C@@]3(C)[C@@H]5[C@@H](OC(C)=O)[C@@H](OC(C)=O)[C@H]4[C@@]21O. The molecule has 7 fully saturated rings. The smallest absolute Gasteiger partial charge is 0.338 e. The number of hydrogen-bond acceptors (Lipinski definition) is 15. The Kier molecular flexibility index (Phi) is 10.1. The minimum atomic E-state index is -2.38. The molecule has 0 aromatic carbocycles. The van der Waals surface area contributed by atoms with E-state index in [1.807, 2.05) is 13.8 Å². The zero-order chi connectivity index (χ0) is 41.3. The lowest BCUT2D eigenvalue weighted by Gasteiger charge is -2.64. The van der Waals surface area contributed by atoms with Crippen LogP contribution in [0, 0.1) is 46.8 Å². The lowest BCUT2D eigenvalue weighted by molar-refractivity contribution is -0.301. The van der Waals surface area contributed by atoms with Gasteiger partial charge in [-0.3, -0.25) is 19.3 Å². The molecule has 15 nitrogen and oxygen atoms in total. The van der Waals surface area contributed by atoms with Crippen LogP contribution in [-0.2, 0) is 42.9 Å². The number of nitrogens with zero attached hydrogens (tertiary/aromatic N) is 1. The van der Waals surface area contributed by atoms with E-state index < -0.39 is 124 Å². The van der Waals surface area contributed by atoms with Gasteiger partial charge in [0.2, 0.25) is 5.79 Å². The Hall–Kier alpha value is -2.40. The third-order valence-electron chi connectivity index (χ3n) is 16.0. The molecular formula is C41H63NO14. The van der Waals surface area contributed by atoms with Crippen LogP contribution in [0.25, 0.3) is 0 Å². The van der Waals surface area contributed by atoms with Crippen molar-refractivity contribution in [3.8, 4) is 0 Å². The van der Waals surface area contributed by atoms with Gasteiger partial charge in [-0.05, 0) is 76.5 Å². The molecule has 3 aliphatic heterocycles. The molecule has 4 saturated carbocycles. The van der Waals surface area contributed by atoms with Gasteiger partial charge >= 0.3 is 23.9 Å². The van der Waals surface area contributed by atoms with Gasteiger partial charge in [0.1, 0.15) is 17.8 Å². The number of esters is 4. The van der Waals surface area contributed by atoms with Crippen molar-refractivity contribution < 1.29 is 68.4 Å². The maximum atomic E-state index is 13.9. The Morgan fingerprint density at radius 3 is 2.14 bits per heavy atom. The van der Waals surface area contributed by atoms with Crippen molar-refractivity contribution in [1.29, 1.82) is 0 Å². The van der Waals surface area contributed by atoms with Crippen molar-refractivity contribution in [2.45, 2.75) is 172 Å². The van der Waals surface area contributed by atoms with Crippen molar-refractivity contribution >= 4 is 23.9 Å². The van der Waals surface area contributed by atoms with Gasteiger partial charge in [0.15, 0.2) is 17.8 Å². The molecule has 7 rings (SSSR count). The van der Waals surface area contributed by atoms with Crippen molar-refractivity contribution in [3.05, 3.63) is 0 Å². The molecule has 7 aliphatic rings. The summed E-state index contributed by atoms with van der Waals surface area (Å²) >= 11 is 0. The summed E-state index contributed by atoms with van der Waals surface area (Å²) in [6, 6.07) is -0.309. The van der Waals surface area contributed by atoms with Gasteiger partial charge in [-0.1, -0.05) is 34.6 Å². The van der Waals surface area contributed by atoms with E-state index in [0.717, 1.165) is 6.42 Å². The zero-order valence-electron chi connectivity index (χ0n) is 34.2. The van der Waals surface area contributed by atoms with E-state index in [0.29, 0.717) is 31.8 Å². The van der Waals surface area contributed by atoms with E-state index in [2.05, 4.69) is 11.8 Å². The molecule has 0 aromatic heterocycles. The van der Waals surface area contributed by atoms with Gasteiger partial charge in [-0.15, -0.1) is 0 Å². The highest BCUT2D eigenvalue weighted by Crippen LogP contribution is 2.78. The molecular weight excluding hydrogens is 730 g/mol. The van der Waals surface area contributed by atoms with Crippen molar-refractivity contribution in [2.75, 3.05) is 13.1 Å². The second-order valence-corrected chi connectivity index (χ2v) is 19.2. The molecule has 5 N–H and O–H groups in total. The van der Waals surface area contributed by atoms with E-state index in [9.17, 15) is 44.7 Å². The average molecular weight is 794 g/mol. The van der Waals surface area contributed by atoms with Crippen molar-refractivity contribution in [2.24, 2.45) is 46.8 Å². The Bertz CT molecular complexity index is 1620. The van der Waals surface area contributed by atoms with Crippen LogP contribution in [-0.4, -0.2) is 132 Å². The summed E-state index contributed by atoms with van der Waals surface area (Å²) in [5.74, 6) is -10.8. The predicted molar refractivity (Wildman–Crippen MR) is 195 cm³/mol. The van der Waals surface area contributed by atoms with Gasteiger partial charge in [0.25, 0.3) is 0 Å². The summed E-state index contributed by atoms with van der Waals surface area (Å²) < 4.78 is 31.3. The van der Waals surface area contributed by atoms with Gasteiger partial charge in [0.05, 0.1) is 35.1 Å². The number of carbonyl (C=O) groups excluding carboxylic acids is 4. The Balaban J connectivity index is 1.45. The summed E-state index contributed by atoms with van der Waals surface area (Å²) in [5, 5.41) is 62.9. The lowest BCUT2D eigenvalue weighted by Crippen LogP contribution is -2.78. The molecule has 0 amide bonds. The number of hydrogen-bond donors (Lipinski definition) is 5. The van der Waals surface area contributed by atoms with Crippen LogP contribution in [0.4, 0.5) is 0 Å². The molecule has 3 heterocycles. The van der Waals surface area contributed by atoms with Crippen LogP contribution in [0.3, 0.4) is 0 Å². The molecule has 316 valence electrons. The van der Waals surface area contributed by atoms with Crippen LogP contribution >= 0.6 is 0 Å². The summed E-state index contributed by atoms with van der Waals surface area (Å²) in [4.78, 5) is 55.6. The van der Waals surface area contributed by atoms with E-state index in [1.165, 1.54) is 20.8 Å². The molecule has 56 heavy (non-hydrogen) atoms. The molecule has 19 atom stereocenters. The maximum Gasteiger partial charge on any atom is 0.338 e. The minimum absolute atomic E-state index is 0.0107. The Morgan fingerprint density at radius 1 is 0.929 bits per heavy atom. The number of fused-ring (bicyclic) bond motifs is 5. The van der Waals surface area contributed by atoms with Crippen LogP contribution in [0.2, 0.25) is 0 Å². The Labute approximate surface area is 328 Å². The van der Waals surface area contributed by atoms with Crippen molar-refractivity contribution in [1.82, 2.24) is 4.90 Å². The van der Waals surface area contributed by atoms with E-state index in [4.69, 9.17) is 23.7 Å². The topological polar surface area (TPSA) is 219 Å². The van der Waals surface area contributed by atoms with Crippen LogP contribution in [0.15, 0.2) is 0 Å². The highest BCUT2D eigenvalue weighted by Gasteiger charge is 2.90. The van der Waals surface area contributed by atoms with Gasteiger partial charge in [-0.2, -0.15) is 0 Å². The quantitative estimate of drug-likeness (QED) is 0.174. The Morgan fingerprint density at radius 2 is 1.55 bits per heavy atom. The highest BCUT2D eigenvalue weighted by molar-refractivity contribution is 5.79. The summed E-state index contributed by atoms with van der Waals surface area (Å²) in [6.07, 6.45) is -5.31. The molecule has 4 bridgehead atoms. The predicted octanol–water partition coefficient (Wildman–Crippen LogP) is 1.61. The normalized spacial score (nSPS) is 50.5.